The minimum absolute atomic E-state index is 0.123. The fraction of sp³-hybridized carbons (Fsp3) is 0.561. The van der Waals surface area contributed by atoms with Crippen LogP contribution < -0.4 is 0 Å². The Morgan fingerprint density at radius 2 is 0.603 bits per heavy atom. The summed E-state index contributed by atoms with van der Waals surface area (Å²) in [4.78, 5) is 37.9. The van der Waals surface area contributed by atoms with Gasteiger partial charge in [-0.3, -0.25) is 14.4 Å². The van der Waals surface area contributed by atoms with Crippen molar-refractivity contribution >= 4 is 17.9 Å². The average Bonchev–Trinajstić information content (AvgIpc) is 3.28. The van der Waals surface area contributed by atoms with Crippen LogP contribution in [-0.2, 0) is 28.6 Å². The largest absolute Gasteiger partial charge is 0.462 e. The number of rotatable bonds is 42. The number of allylic oxidation sites excluding steroid dienone is 22. The molecule has 0 aromatic carbocycles. The Morgan fingerprint density at radius 1 is 0.317 bits per heavy atom. The SMILES string of the molecule is CC/C=C\C/C=C\C/C=C\C/C=C\C/C=C\C/C=C\CCC(=O)OCC(COC(=O)CCCCCCC/C=C\C/C=C\CC)OC(=O)CCCCCC/C=C\C/C=C\C/C=C\CC. The van der Waals surface area contributed by atoms with Crippen LogP contribution in [0.3, 0.4) is 0 Å². The topological polar surface area (TPSA) is 78.9 Å². The molecule has 0 heterocycles. The Bertz CT molecular complexity index is 1420. The van der Waals surface area contributed by atoms with E-state index in [2.05, 4.69) is 142 Å². The summed E-state index contributed by atoms with van der Waals surface area (Å²) in [7, 11) is 0. The van der Waals surface area contributed by atoms with Crippen molar-refractivity contribution in [1.82, 2.24) is 0 Å². The number of esters is 3. The van der Waals surface area contributed by atoms with Gasteiger partial charge in [0.25, 0.3) is 0 Å². The lowest BCUT2D eigenvalue weighted by Gasteiger charge is -2.18. The van der Waals surface area contributed by atoms with E-state index in [9.17, 15) is 14.4 Å². The van der Waals surface area contributed by atoms with Crippen LogP contribution >= 0.6 is 0 Å². The van der Waals surface area contributed by atoms with Crippen LogP contribution in [0.2, 0.25) is 0 Å². The molecule has 0 rings (SSSR count). The monoisotopic (exact) mass is 869 g/mol. The Labute approximate surface area is 385 Å². The van der Waals surface area contributed by atoms with E-state index in [0.717, 1.165) is 141 Å². The average molecular weight is 869 g/mol. The zero-order chi connectivity index (χ0) is 45.8. The molecule has 0 saturated carbocycles. The van der Waals surface area contributed by atoms with Gasteiger partial charge in [-0.25, -0.2) is 0 Å². The van der Waals surface area contributed by atoms with Gasteiger partial charge in [0, 0.05) is 19.3 Å². The second-order valence-corrected chi connectivity index (χ2v) is 15.6. The summed E-state index contributed by atoms with van der Waals surface area (Å²) in [6.45, 7) is 6.17. The lowest BCUT2D eigenvalue weighted by atomic mass is 10.1. The molecule has 0 N–H and O–H groups in total. The summed E-state index contributed by atoms with van der Waals surface area (Å²) < 4.78 is 16.7. The predicted molar refractivity (Wildman–Crippen MR) is 269 cm³/mol. The molecule has 0 aromatic heterocycles. The van der Waals surface area contributed by atoms with Crippen LogP contribution in [0.15, 0.2) is 134 Å². The van der Waals surface area contributed by atoms with E-state index in [1.807, 2.05) is 12.2 Å². The van der Waals surface area contributed by atoms with Crippen LogP contribution in [0, 0.1) is 0 Å². The molecule has 0 aliphatic carbocycles. The van der Waals surface area contributed by atoms with Crippen LogP contribution in [0.5, 0.6) is 0 Å². The van der Waals surface area contributed by atoms with Crippen molar-refractivity contribution in [3.8, 4) is 0 Å². The molecule has 1 unspecified atom stereocenters. The van der Waals surface area contributed by atoms with Crippen LogP contribution in [0.4, 0.5) is 0 Å². The first kappa shape index (κ1) is 58.6. The van der Waals surface area contributed by atoms with E-state index >= 15 is 0 Å². The predicted octanol–water partition coefficient (Wildman–Crippen LogP) is 16.3. The fourth-order valence-corrected chi connectivity index (χ4v) is 6.05. The van der Waals surface area contributed by atoms with Gasteiger partial charge in [-0.05, 0) is 116 Å². The molecular formula is C57H88O6. The lowest BCUT2D eigenvalue weighted by molar-refractivity contribution is -0.166. The third kappa shape index (κ3) is 48.4. The molecule has 0 saturated heterocycles. The van der Waals surface area contributed by atoms with E-state index < -0.39 is 6.10 Å². The Morgan fingerprint density at radius 3 is 0.984 bits per heavy atom. The maximum atomic E-state index is 12.8. The summed E-state index contributed by atoms with van der Waals surface area (Å²) >= 11 is 0. The highest BCUT2D eigenvalue weighted by Gasteiger charge is 2.19. The number of ether oxygens (including phenoxy) is 3. The lowest BCUT2D eigenvalue weighted by Crippen LogP contribution is -2.30. The van der Waals surface area contributed by atoms with Crippen LogP contribution in [0.25, 0.3) is 0 Å². The quantitative estimate of drug-likeness (QED) is 0.0263. The van der Waals surface area contributed by atoms with Gasteiger partial charge in [-0.15, -0.1) is 0 Å². The van der Waals surface area contributed by atoms with Crippen molar-refractivity contribution in [1.29, 1.82) is 0 Å². The number of hydrogen-bond donors (Lipinski definition) is 0. The number of carbonyl (C=O) groups is 3. The van der Waals surface area contributed by atoms with Gasteiger partial charge < -0.3 is 14.2 Å². The first-order valence-corrected chi connectivity index (χ1v) is 24.7. The molecule has 6 nitrogen and oxygen atoms in total. The molecule has 0 fully saturated rings. The summed E-state index contributed by atoms with van der Waals surface area (Å²) in [5.41, 5.74) is 0. The smallest absolute Gasteiger partial charge is 0.306 e. The van der Waals surface area contributed by atoms with E-state index in [-0.39, 0.29) is 44.0 Å². The molecule has 0 amide bonds. The van der Waals surface area contributed by atoms with Crippen molar-refractivity contribution in [3.05, 3.63) is 134 Å². The second kappa shape index (κ2) is 50.2. The molecule has 1 atom stereocenters. The second-order valence-electron chi connectivity index (χ2n) is 15.6. The maximum Gasteiger partial charge on any atom is 0.306 e. The highest BCUT2D eigenvalue weighted by molar-refractivity contribution is 5.71. The Balaban J connectivity index is 4.57. The zero-order valence-electron chi connectivity index (χ0n) is 40.0. The van der Waals surface area contributed by atoms with Crippen molar-refractivity contribution < 1.29 is 28.6 Å². The summed E-state index contributed by atoms with van der Waals surface area (Å²) in [5.74, 6) is -1.06. The molecule has 0 aliphatic heterocycles. The Kier molecular flexibility index (Phi) is 46.7. The van der Waals surface area contributed by atoms with Gasteiger partial charge in [0.2, 0.25) is 0 Å². The summed E-state index contributed by atoms with van der Waals surface area (Å²) in [5, 5.41) is 0. The number of hydrogen-bond acceptors (Lipinski definition) is 6. The molecule has 0 aliphatic rings. The van der Waals surface area contributed by atoms with Gasteiger partial charge in [0.1, 0.15) is 13.2 Å². The number of carbonyl (C=O) groups excluding carboxylic acids is 3. The molecule has 0 radical (unpaired) electrons. The minimum Gasteiger partial charge on any atom is -0.462 e. The molecule has 63 heavy (non-hydrogen) atoms. The normalized spacial score (nSPS) is 13.3. The van der Waals surface area contributed by atoms with E-state index in [0.29, 0.717) is 12.8 Å². The van der Waals surface area contributed by atoms with Crippen molar-refractivity contribution in [2.75, 3.05) is 13.2 Å². The highest BCUT2D eigenvalue weighted by atomic mass is 16.6. The summed E-state index contributed by atoms with van der Waals surface area (Å²) in [6, 6.07) is 0. The van der Waals surface area contributed by atoms with Crippen molar-refractivity contribution in [2.45, 2.75) is 194 Å². The third-order valence-electron chi connectivity index (χ3n) is 9.64. The van der Waals surface area contributed by atoms with Crippen LogP contribution in [-0.4, -0.2) is 37.2 Å². The van der Waals surface area contributed by atoms with E-state index in [1.165, 1.54) is 0 Å². The highest BCUT2D eigenvalue weighted by Crippen LogP contribution is 2.11. The summed E-state index contributed by atoms with van der Waals surface area (Å²) in [6.07, 6.45) is 70.2. The van der Waals surface area contributed by atoms with Gasteiger partial charge >= 0.3 is 17.9 Å². The standard InChI is InChI=1S/C57H88O6/c1-4-7-10-13-16-19-22-25-27-28-29-30-31-33-35-38-41-44-47-50-56(59)62-53-54(52-61-55(58)49-46-43-40-37-34-24-21-18-15-12-9-6-3)63-57(60)51-48-45-42-39-36-32-26-23-20-17-14-11-8-5-2/h7-12,16-21,25-27,29-30,32-33,35,41,44,54H,4-6,13-15,22-24,28,31,34,36-40,42-43,45-53H2,1-3H3/b10-7-,11-8-,12-9-,19-16-,20-17-,21-18-,27-25-,30-29-,32-26-,35-33-,44-41-. The van der Waals surface area contributed by atoms with Gasteiger partial charge in [0.05, 0.1) is 0 Å². The molecule has 0 spiro atoms. The number of unbranched alkanes of at least 4 members (excludes halogenated alkanes) is 9. The molecular weight excluding hydrogens is 781 g/mol. The molecule has 0 aromatic rings. The fourth-order valence-electron chi connectivity index (χ4n) is 6.05. The Hall–Kier alpha value is -4.45. The van der Waals surface area contributed by atoms with Crippen molar-refractivity contribution in [3.63, 3.8) is 0 Å². The zero-order valence-corrected chi connectivity index (χ0v) is 40.0. The van der Waals surface area contributed by atoms with Gasteiger partial charge in [0.15, 0.2) is 6.10 Å². The third-order valence-corrected chi connectivity index (χ3v) is 9.64. The first-order valence-electron chi connectivity index (χ1n) is 24.7. The van der Waals surface area contributed by atoms with E-state index in [1.54, 1.807) is 0 Å². The molecule has 352 valence electrons. The van der Waals surface area contributed by atoms with Gasteiger partial charge in [-0.1, -0.05) is 187 Å². The molecule has 0 bridgehead atoms. The maximum absolute atomic E-state index is 12.8. The van der Waals surface area contributed by atoms with Crippen molar-refractivity contribution in [2.24, 2.45) is 0 Å². The van der Waals surface area contributed by atoms with Crippen LogP contribution in [0.1, 0.15) is 188 Å². The van der Waals surface area contributed by atoms with E-state index in [4.69, 9.17) is 14.2 Å². The molecule has 6 heteroatoms. The first-order chi connectivity index (χ1) is 31.0. The minimum atomic E-state index is -0.830. The van der Waals surface area contributed by atoms with Gasteiger partial charge in [-0.2, -0.15) is 0 Å².